The Morgan fingerprint density at radius 3 is 2.32 bits per heavy atom. The summed E-state index contributed by atoms with van der Waals surface area (Å²) in [4.78, 5) is 24.3. The molecule has 4 rings (SSSR count). The third-order valence-electron chi connectivity index (χ3n) is 4.34. The number of hydrogen-bond donors (Lipinski definition) is 3. The van der Waals surface area contributed by atoms with Crippen molar-refractivity contribution in [2.24, 2.45) is 0 Å². The summed E-state index contributed by atoms with van der Waals surface area (Å²) in [5.41, 5.74) is 3.96. The number of H-pyrrole nitrogens is 1. The molecule has 1 aromatic heterocycles. The molecule has 138 valence electrons. The molecule has 6 nitrogen and oxygen atoms in total. The number of para-hydroxylation sites is 2. The number of hydrogen-bond acceptors (Lipinski definition) is 4. The molecule has 0 saturated carbocycles. The molecule has 0 atom stereocenters. The monoisotopic (exact) mass is 370 g/mol. The molecular formula is C22H18N4O2. The van der Waals surface area contributed by atoms with Gasteiger partial charge in [-0.3, -0.25) is 14.7 Å². The Morgan fingerprint density at radius 1 is 0.857 bits per heavy atom. The predicted octanol–water partition coefficient (Wildman–Crippen LogP) is 4.50. The Kier molecular flexibility index (Phi) is 4.60. The van der Waals surface area contributed by atoms with Crippen LogP contribution in [0.25, 0.3) is 10.9 Å². The molecule has 0 unspecified atom stereocenters. The van der Waals surface area contributed by atoms with Gasteiger partial charge in [-0.25, -0.2) is 0 Å². The van der Waals surface area contributed by atoms with Gasteiger partial charge in [0.05, 0.1) is 5.52 Å². The number of nitrogens with zero attached hydrogens (tertiary/aromatic N) is 1. The molecule has 3 N–H and O–H groups in total. The van der Waals surface area contributed by atoms with Crippen molar-refractivity contribution < 1.29 is 9.59 Å². The largest absolute Gasteiger partial charge is 0.355 e. The molecule has 6 heteroatoms. The molecule has 0 radical (unpaired) electrons. The van der Waals surface area contributed by atoms with Crippen LogP contribution in [0.15, 0.2) is 72.8 Å². The Balaban J connectivity index is 1.63. The fourth-order valence-corrected chi connectivity index (χ4v) is 3.05. The summed E-state index contributed by atoms with van der Waals surface area (Å²) < 4.78 is 0. The highest BCUT2D eigenvalue weighted by molar-refractivity contribution is 6.17. The SMILES string of the molecule is CC(=O)Nc1ccc(Nc2ccccc2C(=O)c2n[nH]c3ccccc23)cc1. The van der Waals surface area contributed by atoms with Gasteiger partial charge in [0.15, 0.2) is 0 Å². The van der Waals surface area contributed by atoms with E-state index >= 15 is 0 Å². The van der Waals surface area contributed by atoms with Crippen molar-refractivity contribution in [1.29, 1.82) is 0 Å². The second-order valence-corrected chi connectivity index (χ2v) is 6.38. The quantitative estimate of drug-likeness (QED) is 0.452. The minimum absolute atomic E-state index is 0.122. The second kappa shape index (κ2) is 7.36. The topological polar surface area (TPSA) is 86.9 Å². The maximum absolute atomic E-state index is 13.1. The van der Waals surface area contributed by atoms with E-state index < -0.39 is 0 Å². The first kappa shape index (κ1) is 17.5. The summed E-state index contributed by atoms with van der Waals surface area (Å²) in [6.07, 6.45) is 0. The Labute approximate surface area is 161 Å². The number of anilines is 3. The number of aromatic amines is 1. The molecule has 1 heterocycles. The van der Waals surface area contributed by atoms with Gasteiger partial charge in [0.1, 0.15) is 5.69 Å². The fourth-order valence-electron chi connectivity index (χ4n) is 3.05. The minimum atomic E-state index is -0.157. The first-order valence-corrected chi connectivity index (χ1v) is 8.83. The molecule has 0 bridgehead atoms. The molecule has 0 spiro atoms. The number of aromatic nitrogens is 2. The van der Waals surface area contributed by atoms with Crippen LogP contribution in [0.5, 0.6) is 0 Å². The number of carbonyl (C=O) groups is 2. The van der Waals surface area contributed by atoms with E-state index in [0.717, 1.165) is 16.6 Å². The van der Waals surface area contributed by atoms with Crippen LogP contribution in [0, 0.1) is 0 Å². The van der Waals surface area contributed by atoms with Crippen molar-refractivity contribution in [1.82, 2.24) is 10.2 Å². The highest BCUT2D eigenvalue weighted by Crippen LogP contribution is 2.26. The van der Waals surface area contributed by atoms with E-state index in [-0.39, 0.29) is 11.7 Å². The van der Waals surface area contributed by atoms with Crippen molar-refractivity contribution in [3.63, 3.8) is 0 Å². The number of nitrogens with one attached hydrogen (secondary N) is 3. The van der Waals surface area contributed by atoms with Crippen LogP contribution < -0.4 is 10.6 Å². The lowest BCUT2D eigenvalue weighted by atomic mass is 10.0. The van der Waals surface area contributed by atoms with E-state index in [2.05, 4.69) is 20.8 Å². The smallest absolute Gasteiger partial charge is 0.221 e. The van der Waals surface area contributed by atoms with Gasteiger partial charge in [-0.15, -0.1) is 0 Å². The van der Waals surface area contributed by atoms with Crippen molar-refractivity contribution in [3.8, 4) is 0 Å². The molecule has 3 aromatic carbocycles. The highest BCUT2D eigenvalue weighted by Gasteiger charge is 2.18. The lowest BCUT2D eigenvalue weighted by molar-refractivity contribution is -0.114. The number of carbonyl (C=O) groups excluding carboxylic acids is 2. The Bertz CT molecular complexity index is 1160. The third kappa shape index (κ3) is 3.48. The summed E-state index contributed by atoms with van der Waals surface area (Å²) in [5.74, 6) is -0.279. The van der Waals surface area contributed by atoms with Crippen LogP contribution >= 0.6 is 0 Å². The summed E-state index contributed by atoms with van der Waals surface area (Å²) >= 11 is 0. The number of amides is 1. The third-order valence-corrected chi connectivity index (χ3v) is 4.34. The molecule has 28 heavy (non-hydrogen) atoms. The first-order chi connectivity index (χ1) is 13.6. The fraction of sp³-hybridized carbons (Fsp3) is 0.0455. The van der Waals surface area contributed by atoms with Crippen LogP contribution in [0.4, 0.5) is 17.1 Å². The zero-order chi connectivity index (χ0) is 19.5. The van der Waals surface area contributed by atoms with E-state index in [4.69, 9.17) is 0 Å². The zero-order valence-electron chi connectivity index (χ0n) is 15.2. The molecule has 0 aliphatic rings. The zero-order valence-corrected chi connectivity index (χ0v) is 15.2. The van der Waals surface area contributed by atoms with Crippen LogP contribution in [0.2, 0.25) is 0 Å². The van der Waals surface area contributed by atoms with Gasteiger partial charge in [-0.2, -0.15) is 5.10 Å². The van der Waals surface area contributed by atoms with Crippen LogP contribution in [0.3, 0.4) is 0 Å². The molecule has 1 amide bonds. The summed E-state index contributed by atoms with van der Waals surface area (Å²) in [5, 5.41) is 13.9. The Morgan fingerprint density at radius 2 is 1.54 bits per heavy atom. The molecule has 0 saturated heterocycles. The second-order valence-electron chi connectivity index (χ2n) is 6.38. The summed E-state index contributed by atoms with van der Waals surface area (Å²) in [7, 11) is 0. The van der Waals surface area contributed by atoms with E-state index in [9.17, 15) is 9.59 Å². The van der Waals surface area contributed by atoms with E-state index in [0.29, 0.717) is 22.6 Å². The van der Waals surface area contributed by atoms with Gasteiger partial charge in [0.25, 0.3) is 0 Å². The number of fused-ring (bicyclic) bond motifs is 1. The predicted molar refractivity (Wildman–Crippen MR) is 110 cm³/mol. The van der Waals surface area contributed by atoms with Gasteiger partial charge in [0.2, 0.25) is 11.7 Å². The highest BCUT2D eigenvalue weighted by atomic mass is 16.1. The van der Waals surface area contributed by atoms with Gasteiger partial charge in [0, 0.05) is 34.9 Å². The van der Waals surface area contributed by atoms with Crippen LogP contribution in [-0.4, -0.2) is 21.9 Å². The van der Waals surface area contributed by atoms with Gasteiger partial charge < -0.3 is 10.6 Å². The molecular weight excluding hydrogens is 352 g/mol. The van der Waals surface area contributed by atoms with E-state index in [1.165, 1.54) is 6.92 Å². The van der Waals surface area contributed by atoms with Crippen LogP contribution in [0.1, 0.15) is 23.0 Å². The van der Waals surface area contributed by atoms with Crippen molar-refractivity contribution in [2.75, 3.05) is 10.6 Å². The van der Waals surface area contributed by atoms with Crippen molar-refractivity contribution in [2.45, 2.75) is 6.92 Å². The van der Waals surface area contributed by atoms with Crippen molar-refractivity contribution in [3.05, 3.63) is 84.1 Å². The molecule has 0 aliphatic carbocycles. The normalized spacial score (nSPS) is 10.6. The molecule has 0 aliphatic heterocycles. The van der Waals surface area contributed by atoms with E-state index in [1.54, 1.807) is 18.2 Å². The minimum Gasteiger partial charge on any atom is -0.355 e. The lowest BCUT2D eigenvalue weighted by Crippen LogP contribution is -2.07. The van der Waals surface area contributed by atoms with Crippen LogP contribution in [-0.2, 0) is 4.79 Å². The average molecular weight is 370 g/mol. The Hall–Kier alpha value is -3.93. The number of benzene rings is 3. The average Bonchev–Trinajstić information content (AvgIpc) is 3.13. The van der Waals surface area contributed by atoms with Gasteiger partial charge >= 0.3 is 0 Å². The maximum Gasteiger partial charge on any atom is 0.221 e. The standard InChI is InChI=1S/C22H18N4O2/c1-14(27)23-15-10-12-16(13-11-15)24-19-8-4-3-7-18(19)22(28)21-17-6-2-5-9-20(17)25-26-21/h2-13,24H,1H3,(H,23,27)(H,25,26). The summed E-state index contributed by atoms with van der Waals surface area (Å²) in [6, 6.07) is 22.2. The van der Waals surface area contributed by atoms with Gasteiger partial charge in [-0.05, 0) is 42.5 Å². The molecule has 4 aromatic rings. The first-order valence-electron chi connectivity index (χ1n) is 8.83. The van der Waals surface area contributed by atoms with E-state index in [1.807, 2.05) is 54.6 Å². The summed E-state index contributed by atoms with van der Waals surface area (Å²) in [6.45, 7) is 1.47. The molecule has 0 fully saturated rings. The number of rotatable bonds is 5. The maximum atomic E-state index is 13.1. The van der Waals surface area contributed by atoms with Crippen molar-refractivity contribution >= 4 is 39.7 Å². The lowest BCUT2D eigenvalue weighted by Gasteiger charge is -2.11. The van der Waals surface area contributed by atoms with Gasteiger partial charge in [-0.1, -0.05) is 30.3 Å². The number of ketones is 1.